The van der Waals surface area contributed by atoms with Gasteiger partial charge in [0.25, 0.3) is 0 Å². The molecular formula is C16H12O2S2. The lowest BCUT2D eigenvalue weighted by atomic mass is 10.4. The van der Waals surface area contributed by atoms with Gasteiger partial charge in [0, 0.05) is 9.79 Å². The van der Waals surface area contributed by atoms with Crippen LogP contribution in [0.2, 0.25) is 0 Å². The molecule has 2 rings (SSSR count). The van der Waals surface area contributed by atoms with Crippen molar-refractivity contribution in [2.45, 2.75) is 9.79 Å². The summed E-state index contributed by atoms with van der Waals surface area (Å²) in [7, 11) is 0. The summed E-state index contributed by atoms with van der Waals surface area (Å²) in [4.78, 5) is 25.1. The Balaban J connectivity index is 1.86. The molecule has 0 aliphatic carbocycles. The topological polar surface area (TPSA) is 34.1 Å². The molecule has 0 amide bonds. The van der Waals surface area contributed by atoms with Crippen LogP contribution in [0.4, 0.5) is 0 Å². The Morgan fingerprint density at radius 1 is 0.650 bits per heavy atom. The molecular weight excluding hydrogens is 288 g/mol. The number of carbonyl (C=O) groups is 2. The van der Waals surface area contributed by atoms with Gasteiger partial charge in [-0.2, -0.15) is 0 Å². The van der Waals surface area contributed by atoms with E-state index in [0.717, 1.165) is 33.3 Å². The summed E-state index contributed by atoms with van der Waals surface area (Å²) < 4.78 is 0. The fourth-order valence-electron chi connectivity index (χ4n) is 1.41. The third-order valence-electron chi connectivity index (χ3n) is 2.28. The lowest BCUT2D eigenvalue weighted by molar-refractivity contribution is -0.109. The van der Waals surface area contributed by atoms with Crippen LogP contribution < -0.4 is 0 Å². The highest BCUT2D eigenvalue weighted by Crippen LogP contribution is 2.20. The minimum atomic E-state index is -0.154. The Morgan fingerprint density at radius 2 is 1.00 bits per heavy atom. The van der Waals surface area contributed by atoms with Crippen LogP contribution in [0.5, 0.6) is 0 Å². The second-order valence-electron chi connectivity index (χ2n) is 3.80. The van der Waals surface area contributed by atoms with Gasteiger partial charge in [0.1, 0.15) is 0 Å². The van der Waals surface area contributed by atoms with E-state index in [1.807, 2.05) is 60.7 Å². The van der Waals surface area contributed by atoms with Crippen molar-refractivity contribution in [2.75, 3.05) is 0 Å². The molecule has 0 spiro atoms. The number of thioether (sulfide) groups is 2. The van der Waals surface area contributed by atoms with E-state index < -0.39 is 0 Å². The Hall–Kier alpha value is -1.78. The highest BCUT2D eigenvalue weighted by Gasteiger charge is 2.03. The fraction of sp³-hybridized carbons (Fsp3) is 0. The van der Waals surface area contributed by atoms with Crippen molar-refractivity contribution < 1.29 is 9.59 Å². The maximum atomic E-state index is 11.7. The van der Waals surface area contributed by atoms with E-state index in [-0.39, 0.29) is 10.2 Å². The first kappa shape index (κ1) is 14.6. The molecule has 0 saturated heterocycles. The molecule has 100 valence electrons. The van der Waals surface area contributed by atoms with Crippen LogP contribution in [-0.2, 0) is 9.59 Å². The molecule has 0 atom stereocenters. The van der Waals surface area contributed by atoms with Crippen molar-refractivity contribution >= 4 is 33.8 Å². The van der Waals surface area contributed by atoms with Crippen molar-refractivity contribution in [1.29, 1.82) is 0 Å². The molecule has 0 saturated carbocycles. The van der Waals surface area contributed by atoms with Gasteiger partial charge in [0.15, 0.2) is 0 Å². The lowest BCUT2D eigenvalue weighted by Gasteiger charge is -1.96. The van der Waals surface area contributed by atoms with E-state index in [2.05, 4.69) is 0 Å². The highest BCUT2D eigenvalue weighted by atomic mass is 32.2. The van der Waals surface area contributed by atoms with Crippen LogP contribution in [-0.4, -0.2) is 10.2 Å². The predicted octanol–water partition coefficient (Wildman–Crippen LogP) is 4.18. The predicted molar refractivity (Wildman–Crippen MR) is 83.8 cm³/mol. The summed E-state index contributed by atoms with van der Waals surface area (Å²) in [6.07, 6.45) is 2.63. The molecule has 0 heterocycles. The standard InChI is InChI=1S/C16H12O2S2/c17-15(19-13-7-3-1-4-8-13)11-12-16(18)20-14-9-5-2-6-10-14/h1-12H/b12-11+. The maximum absolute atomic E-state index is 11.7. The average molecular weight is 300 g/mol. The van der Waals surface area contributed by atoms with Crippen LogP contribution in [0.1, 0.15) is 0 Å². The highest BCUT2D eigenvalue weighted by molar-refractivity contribution is 8.14. The van der Waals surface area contributed by atoms with E-state index in [1.54, 1.807) is 0 Å². The van der Waals surface area contributed by atoms with E-state index >= 15 is 0 Å². The van der Waals surface area contributed by atoms with E-state index in [4.69, 9.17) is 0 Å². The zero-order valence-electron chi connectivity index (χ0n) is 10.6. The van der Waals surface area contributed by atoms with E-state index in [1.165, 1.54) is 12.2 Å². The zero-order valence-corrected chi connectivity index (χ0v) is 12.2. The fourth-order valence-corrected chi connectivity index (χ4v) is 2.74. The number of hydrogen-bond donors (Lipinski definition) is 0. The third-order valence-corrected chi connectivity index (χ3v) is 3.97. The van der Waals surface area contributed by atoms with Crippen molar-refractivity contribution in [3.63, 3.8) is 0 Å². The summed E-state index contributed by atoms with van der Waals surface area (Å²) >= 11 is 2.21. The second kappa shape index (κ2) is 7.72. The first-order valence-electron chi connectivity index (χ1n) is 5.96. The molecule has 20 heavy (non-hydrogen) atoms. The van der Waals surface area contributed by atoms with Gasteiger partial charge in [0.05, 0.1) is 0 Å². The Morgan fingerprint density at radius 3 is 1.35 bits per heavy atom. The third kappa shape index (κ3) is 5.07. The van der Waals surface area contributed by atoms with Gasteiger partial charge in [0.2, 0.25) is 10.2 Å². The normalized spacial score (nSPS) is 10.6. The summed E-state index contributed by atoms with van der Waals surface area (Å²) in [6, 6.07) is 18.7. The smallest absolute Gasteiger partial charge is 0.217 e. The van der Waals surface area contributed by atoms with Gasteiger partial charge in [-0.3, -0.25) is 9.59 Å². The average Bonchev–Trinajstić information content (AvgIpc) is 2.47. The quantitative estimate of drug-likeness (QED) is 0.626. The molecule has 0 N–H and O–H groups in total. The monoisotopic (exact) mass is 300 g/mol. The van der Waals surface area contributed by atoms with Crippen molar-refractivity contribution in [1.82, 2.24) is 0 Å². The van der Waals surface area contributed by atoms with Crippen molar-refractivity contribution in [3.8, 4) is 0 Å². The Kier molecular flexibility index (Phi) is 5.65. The molecule has 2 nitrogen and oxygen atoms in total. The SMILES string of the molecule is O=C(/C=C/C(=O)Sc1ccccc1)Sc1ccccc1. The minimum Gasteiger partial charge on any atom is -0.282 e. The van der Waals surface area contributed by atoms with Crippen LogP contribution in [0.15, 0.2) is 82.6 Å². The zero-order chi connectivity index (χ0) is 14.2. The van der Waals surface area contributed by atoms with Crippen LogP contribution >= 0.6 is 23.5 Å². The van der Waals surface area contributed by atoms with E-state index in [0.29, 0.717) is 0 Å². The minimum absolute atomic E-state index is 0.154. The van der Waals surface area contributed by atoms with Crippen LogP contribution in [0.25, 0.3) is 0 Å². The van der Waals surface area contributed by atoms with Crippen molar-refractivity contribution in [3.05, 3.63) is 72.8 Å². The van der Waals surface area contributed by atoms with Gasteiger partial charge in [-0.05, 0) is 59.9 Å². The first-order chi connectivity index (χ1) is 9.74. The molecule has 0 unspecified atom stereocenters. The van der Waals surface area contributed by atoms with Crippen molar-refractivity contribution in [2.24, 2.45) is 0 Å². The molecule has 2 aromatic carbocycles. The number of carbonyl (C=O) groups excluding carboxylic acids is 2. The molecule has 0 aliphatic rings. The maximum Gasteiger partial charge on any atom is 0.217 e. The molecule has 0 aromatic heterocycles. The van der Waals surface area contributed by atoms with Crippen LogP contribution in [0, 0.1) is 0 Å². The molecule has 0 fully saturated rings. The summed E-state index contributed by atoms with van der Waals surface area (Å²) in [5.74, 6) is 0. The number of hydrogen-bond acceptors (Lipinski definition) is 4. The summed E-state index contributed by atoms with van der Waals surface area (Å²) in [5, 5.41) is -0.309. The molecule has 4 heteroatoms. The summed E-state index contributed by atoms with van der Waals surface area (Å²) in [5.41, 5.74) is 0. The molecule has 2 aromatic rings. The van der Waals surface area contributed by atoms with Gasteiger partial charge in [-0.15, -0.1) is 0 Å². The lowest BCUT2D eigenvalue weighted by Crippen LogP contribution is -1.89. The summed E-state index contributed by atoms with van der Waals surface area (Å²) in [6.45, 7) is 0. The van der Waals surface area contributed by atoms with Crippen LogP contribution in [0.3, 0.4) is 0 Å². The largest absolute Gasteiger partial charge is 0.282 e. The molecule has 0 bridgehead atoms. The molecule has 0 aliphatic heterocycles. The van der Waals surface area contributed by atoms with Gasteiger partial charge < -0.3 is 0 Å². The van der Waals surface area contributed by atoms with Gasteiger partial charge in [-0.25, -0.2) is 0 Å². The Bertz CT molecular complexity index is 551. The van der Waals surface area contributed by atoms with Gasteiger partial charge in [-0.1, -0.05) is 36.4 Å². The Labute approximate surface area is 126 Å². The molecule has 0 radical (unpaired) electrons. The first-order valence-corrected chi connectivity index (χ1v) is 7.59. The van der Waals surface area contributed by atoms with Gasteiger partial charge >= 0.3 is 0 Å². The van der Waals surface area contributed by atoms with E-state index in [9.17, 15) is 9.59 Å². The number of rotatable bonds is 4. The number of benzene rings is 2. The second-order valence-corrected chi connectivity index (χ2v) is 5.96.